The van der Waals surface area contributed by atoms with E-state index in [9.17, 15) is 0 Å². The standard InChI is InChI=1S/C22H42N2/c1-23-16-9-8-14-22(23)15-17-24(18-20-10-4-2-5-11-20)19-21-12-6-3-7-13-21/h20-22H,2-19H2,1H3. The van der Waals surface area contributed by atoms with E-state index in [2.05, 4.69) is 16.8 Å². The molecule has 1 aliphatic heterocycles. The molecular weight excluding hydrogens is 292 g/mol. The molecule has 2 saturated carbocycles. The van der Waals surface area contributed by atoms with Gasteiger partial charge in [0.1, 0.15) is 0 Å². The van der Waals surface area contributed by atoms with Gasteiger partial charge in [-0.15, -0.1) is 0 Å². The van der Waals surface area contributed by atoms with Crippen LogP contribution >= 0.6 is 0 Å². The number of piperidine rings is 1. The van der Waals surface area contributed by atoms with E-state index in [4.69, 9.17) is 0 Å². The van der Waals surface area contributed by atoms with Gasteiger partial charge in [-0.05, 0) is 76.9 Å². The second-order valence-corrected chi connectivity index (χ2v) is 9.19. The highest BCUT2D eigenvalue weighted by atomic mass is 15.2. The van der Waals surface area contributed by atoms with Crippen LogP contribution in [0.4, 0.5) is 0 Å². The molecule has 24 heavy (non-hydrogen) atoms. The van der Waals surface area contributed by atoms with Crippen molar-refractivity contribution in [3.63, 3.8) is 0 Å². The molecule has 2 aliphatic carbocycles. The van der Waals surface area contributed by atoms with E-state index in [0.717, 1.165) is 17.9 Å². The van der Waals surface area contributed by atoms with Crippen LogP contribution in [0.5, 0.6) is 0 Å². The summed E-state index contributed by atoms with van der Waals surface area (Å²) in [6, 6.07) is 0.860. The minimum absolute atomic E-state index is 0.860. The van der Waals surface area contributed by atoms with Crippen molar-refractivity contribution in [1.29, 1.82) is 0 Å². The summed E-state index contributed by atoms with van der Waals surface area (Å²) in [6.45, 7) is 5.51. The van der Waals surface area contributed by atoms with Gasteiger partial charge in [-0.1, -0.05) is 44.9 Å². The van der Waals surface area contributed by atoms with Gasteiger partial charge in [0, 0.05) is 19.1 Å². The molecule has 0 bridgehead atoms. The lowest BCUT2D eigenvalue weighted by Crippen LogP contribution is -2.41. The summed E-state index contributed by atoms with van der Waals surface area (Å²) in [5.41, 5.74) is 0. The number of hydrogen-bond donors (Lipinski definition) is 0. The Morgan fingerprint density at radius 3 is 1.79 bits per heavy atom. The topological polar surface area (TPSA) is 6.48 Å². The molecule has 140 valence electrons. The van der Waals surface area contributed by atoms with E-state index in [1.165, 1.54) is 116 Å². The maximum atomic E-state index is 2.91. The van der Waals surface area contributed by atoms with Crippen LogP contribution in [0.15, 0.2) is 0 Å². The molecule has 3 aliphatic rings. The third-order valence-electron chi connectivity index (χ3n) is 7.18. The Morgan fingerprint density at radius 2 is 1.25 bits per heavy atom. The van der Waals surface area contributed by atoms with E-state index in [1.807, 2.05) is 0 Å². The van der Waals surface area contributed by atoms with Crippen molar-refractivity contribution in [3.8, 4) is 0 Å². The Hall–Kier alpha value is -0.0800. The van der Waals surface area contributed by atoms with Crippen LogP contribution in [-0.2, 0) is 0 Å². The normalized spacial score (nSPS) is 28.5. The summed E-state index contributed by atoms with van der Waals surface area (Å²) in [4.78, 5) is 5.55. The Morgan fingerprint density at radius 1 is 0.708 bits per heavy atom. The van der Waals surface area contributed by atoms with Gasteiger partial charge >= 0.3 is 0 Å². The molecule has 0 aromatic rings. The molecule has 3 fully saturated rings. The molecule has 0 aromatic carbocycles. The van der Waals surface area contributed by atoms with Crippen molar-refractivity contribution >= 4 is 0 Å². The van der Waals surface area contributed by atoms with Gasteiger partial charge in [0.15, 0.2) is 0 Å². The quantitative estimate of drug-likeness (QED) is 0.621. The molecule has 3 rings (SSSR count). The van der Waals surface area contributed by atoms with E-state index >= 15 is 0 Å². The van der Waals surface area contributed by atoms with Crippen molar-refractivity contribution < 1.29 is 0 Å². The van der Waals surface area contributed by atoms with E-state index < -0.39 is 0 Å². The van der Waals surface area contributed by atoms with Gasteiger partial charge in [0.05, 0.1) is 0 Å². The third-order valence-corrected chi connectivity index (χ3v) is 7.18. The summed E-state index contributed by atoms with van der Waals surface area (Å²) in [6.07, 6.45) is 20.7. The van der Waals surface area contributed by atoms with Crippen LogP contribution in [0, 0.1) is 11.8 Å². The van der Waals surface area contributed by atoms with Crippen LogP contribution in [0.25, 0.3) is 0 Å². The Balaban J connectivity index is 1.49. The van der Waals surface area contributed by atoms with Gasteiger partial charge < -0.3 is 9.80 Å². The van der Waals surface area contributed by atoms with E-state index in [1.54, 1.807) is 0 Å². The fourth-order valence-electron chi connectivity index (χ4n) is 5.57. The van der Waals surface area contributed by atoms with E-state index in [-0.39, 0.29) is 0 Å². The SMILES string of the molecule is CN1CCCCC1CCN(CC1CCCCC1)CC1CCCCC1. The smallest absolute Gasteiger partial charge is 0.0104 e. The molecule has 0 spiro atoms. The Bertz CT molecular complexity index is 311. The lowest BCUT2D eigenvalue weighted by atomic mass is 9.86. The molecule has 1 atom stereocenters. The summed E-state index contributed by atoms with van der Waals surface area (Å²) in [5, 5.41) is 0. The molecule has 0 amide bonds. The molecule has 1 unspecified atom stereocenters. The molecule has 0 radical (unpaired) electrons. The van der Waals surface area contributed by atoms with Gasteiger partial charge in [-0.3, -0.25) is 0 Å². The average Bonchev–Trinajstić information content (AvgIpc) is 2.62. The summed E-state index contributed by atoms with van der Waals surface area (Å²) >= 11 is 0. The van der Waals surface area contributed by atoms with Crippen LogP contribution in [0.1, 0.15) is 89.9 Å². The zero-order valence-corrected chi connectivity index (χ0v) is 16.4. The molecule has 2 heteroatoms. The zero-order valence-electron chi connectivity index (χ0n) is 16.4. The lowest BCUT2D eigenvalue weighted by molar-refractivity contribution is 0.123. The highest BCUT2D eigenvalue weighted by Crippen LogP contribution is 2.28. The molecule has 0 aromatic heterocycles. The zero-order chi connectivity index (χ0) is 16.6. The largest absolute Gasteiger partial charge is 0.303 e. The highest BCUT2D eigenvalue weighted by molar-refractivity contribution is 4.79. The molecule has 2 nitrogen and oxygen atoms in total. The summed E-state index contributed by atoms with van der Waals surface area (Å²) in [7, 11) is 2.36. The van der Waals surface area contributed by atoms with Gasteiger partial charge in [0.25, 0.3) is 0 Å². The summed E-state index contributed by atoms with van der Waals surface area (Å²) < 4.78 is 0. The molecule has 1 saturated heterocycles. The number of likely N-dealkylation sites (tertiary alicyclic amines) is 1. The Kier molecular flexibility index (Phi) is 7.92. The fourth-order valence-corrected chi connectivity index (χ4v) is 5.57. The first-order valence-corrected chi connectivity index (χ1v) is 11.2. The Labute approximate surface area is 151 Å². The van der Waals surface area contributed by atoms with E-state index in [0.29, 0.717) is 0 Å². The van der Waals surface area contributed by atoms with Gasteiger partial charge in [-0.2, -0.15) is 0 Å². The second kappa shape index (κ2) is 10.2. The number of hydrogen-bond acceptors (Lipinski definition) is 2. The molecule has 0 N–H and O–H groups in total. The summed E-state index contributed by atoms with van der Waals surface area (Å²) in [5.74, 6) is 2.01. The minimum atomic E-state index is 0.860. The second-order valence-electron chi connectivity index (χ2n) is 9.19. The van der Waals surface area contributed by atoms with Crippen molar-refractivity contribution in [2.45, 2.75) is 95.9 Å². The van der Waals surface area contributed by atoms with Crippen LogP contribution in [0.2, 0.25) is 0 Å². The molecule has 1 heterocycles. The first-order chi connectivity index (χ1) is 11.8. The van der Waals surface area contributed by atoms with Crippen LogP contribution in [-0.4, -0.2) is 49.1 Å². The lowest BCUT2D eigenvalue weighted by Gasteiger charge is -2.37. The average molecular weight is 335 g/mol. The van der Waals surface area contributed by atoms with Crippen molar-refractivity contribution in [1.82, 2.24) is 9.80 Å². The maximum absolute atomic E-state index is 2.91. The molecular formula is C22H42N2. The van der Waals surface area contributed by atoms with Crippen LogP contribution < -0.4 is 0 Å². The van der Waals surface area contributed by atoms with Crippen LogP contribution in [0.3, 0.4) is 0 Å². The predicted molar refractivity (Wildman–Crippen MR) is 104 cm³/mol. The minimum Gasteiger partial charge on any atom is -0.303 e. The van der Waals surface area contributed by atoms with Gasteiger partial charge in [-0.25, -0.2) is 0 Å². The first kappa shape index (κ1) is 18.7. The number of nitrogens with zero attached hydrogens (tertiary/aromatic N) is 2. The third kappa shape index (κ3) is 6.02. The first-order valence-electron chi connectivity index (χ1n) is 11.2. The highest BCUT2D eigenvalue weighted by Gasteiger charge is 2.24. The van der Waals surface area contributed by atoms with Crippen molar-refractivity contribution in [2.24, 2.45) is 11.8 Å². The monoisotopic (exact) mass is 334 g/mol. The van der Waals surface area contributed by atoms with Gasteiger partial charge in [0.2, 0.25) is 0 Å². The maximum Gasteiger partial charge on any atom is 0.0104 e. The van der Waals surface area contributed by atoms with Crippen molar-refractivity contribution in [2.75, 3.05) is 33.2 Å². The predicted octanol–water partition coefficient (Wildman–Crippen LogP) is 5.32. The fraction of sp³-hybridized carbons (Fsp3) is 1.00. The van der Waals surface area contributed by atoms with Crippen molar-refractivity contribution in [3.05, 3.63) is 0 Å². The number of rotatable bonds is 7.